The minimum atomic E-state index is -3.82. The molecule has 9 heteroatoms. The fourth-order valence-corrected chi connectivity index (χ4v) is 6.01. The highest BCUT2D eigenvalue weighted by Gasteiger charge is 2.32. The van der Waals surface area contributed by atoms with Gasteiger partial charge >= 0.3 is 0 Å². The van der Waals surface area contributed by atoms with Gasteiger partial charge in [-0.1, -0.05) is 74.7 Å². The van der Waals surface area contributed by atoms with E-state index in [1.165, 1.54) is 11.3 Å². The molecular weight excluding hydrogens is 538 g/mol. The molecule has 0 radical (unpaired) electrons. The Balaban J connectivity index is 1.56. The molecule has 2 amide bonds. The van der Waals surface area contributed by atoms with Crippen LogP contribution in [0.3, 0.4) is 0 Å². The molecular formula is C32H39N3O5S. The molecule has 0 heterocycles. The number of para-hydroxylation sites is 1. The van der Waals surface area contributed by atoms with Gasteiger partial charge in [-0.2, -0.15) is 0 Å². The summed E-state index contributed by atoms with van der Waals surface area (Å²) in [6.45, 7) is 1.63. The second kappa shape index (κ2) is 14.2. The molecule has 8 nitrogen and oxygen atoms in total. The lowest BCUT2D eigenvalue weighted by atomic mass is 9.95. The molecule has 0 aliphatic heterocycles. The van der Waals surface area contributed by atoms with Crippen molar-refractivity contribution in [2.24, 2.45) is 0 Å². The van der Waals surface area contributed by atoms with E-state index in [1.54, 1.807) is 24.3 Å². The lowest BCUT2D eigenvalue weighted by molar-refractivity contribution is -0.140. The molecule has 218 valence electrons. The Kier molecular flexibility index (Phi) is 10.4. The van der Waals surface area contributed by atoms with E-state index in [4.69, 9.17) is 4.74 Å². The first kappa shape index (κ1) is 30.1. The van der Waals surface area contributed by atoms with Crippen molar-refractivity contribution >= 4 is 27.5 Å². The zero-order valence-corrected chi connectivity index (χ0v) is 24.6. The van der Waals surface area contributed by atoms with Crippen LogP contribution in [0, 0.1) is 0 Å². The molecule has 0 aromatic heterocycles. The zero-order valence-electron chi connectivity index (χ0n) is 23.7. The summed E-state index contributed by atoms with van der Waals surface area (Å²) in [5.41, 5.74) is 1.19. The second-order valence-electron chi connectivity index (χ2n) is 10.5. The Bertz CT molecular complexity index is 1380. The average Bonchev–Trinajstić information content (AvgIpc) is 2.97. The standard InChI is InChI=1S/C32H39N3O5S/c1-3-30(32(37)33-26-15-9-5-10-16-26)34(23-25-13-7-4-8-14-25)31(36)24-35(41(2,38)39)27-19-21-29(22-20-27)40-28-17-11-6-12-18-28/h4,6-8,11-14,17-22,26,30H,3,5,9-10,15-16,23-24H2,1-2H3,(H,33,37). The Hall–Kier alpha value is -3.85. The summed E-state index contributed by atoms with van der Waals surface area (Å²) in [5, 5.41) is 3.15. The third kappa shape index (κ3) is 8.57. The van der Waals surface area contributed by atoms with Crippen LogP contribution in [0.25, 0.3) is 0 Å². The number of anilines is 1. The number of nitrogens with zero attached hydrogens (tertiary/aromatic N) is 2. The summed E-state index contributed by atoms with van der Waals surface area (Å²) < 4.78 is 32.7. The van der Waals surface area contributed by atoms with E-state index in [-0.39, 0.29) is 18.5 Å². The number of carbonyl (C=O) groups is 2. The van der Waals surface area contributed by atoms with Gasteiger partial charge in [-0.25, -0.2) is 8.42 Å². The number of hydrogen-bond donors (Lipinski definition) is 1. The van der Waals surface area contributed by atoms with E-state index in [0.29, 0.717) is 23.6 Å². The number of nitrogens with one attached hydrogen (secondary N) is 1. The van der Waals surface area contributed by atoms with Gasteiger partial charge in [0.1, 0.15) is 24.1 Å². The van der Waals surface area contributed by atoms with Crippen LogP contribution in [0.5, 0.6) is 11.5 Å². The van der Waals surface area contributed by atoms with Crippen LogP contribution >= 0.6 is 0 Å². The Morgan fingerprint density at radius 2 is 1.46 bits per heavy atom. The number of amides is 2. The first-order chi connectivity index (χ1) is 19.7. The van der Waals surface area contributed by atoms with Crippen LogP contribution in [0.2, 0.25) is 0 Å². The van der Waals surface area contributed by atoms with Gasteiger partial charge in [0.15, 0.2) is 0 Å². The third-order valence-electron chi connectivity index (χ3n) is 7.32. The summed E-state index contributed by atoms with van der Waals surface area (Å²) in [4.78, 5) is 28.9. The maximum atomic E-state index is 13.9. The second-order valence-corrected chi connectivity index (χ2v) is 12.4. The summed E-state index contributed by atoms with van der Waals surface area (Å²) in [6.07, 6.45) is 6.66. The minimum Gasteiger partial charge on any atom is -0.457 e. The lowest BCUT2D eigenvalue weighted by Crippen LogP contribution is -2.53. The van der Waals surface area contributed by atoms with Crippen molar-refractivity contribution in [2.45, 2.75) is 64.1 Å². The van der Waals surface area contributed by atoms with E-state index < -0.39 is 28.5 Å². The van der Waals surface area contributed by atoms with Crippen molar-refractivity contribution in [2.75, 3.05) is 17.1 Å². The molecule has 1 N–H and O–H groups in total. The quantitative estimate of drug-likeness (QED) is 0.307. The number of ether oxygens (including phenoxy) is 1. The van der Waals surface area contributed by atoms with Gasteiger partial charge in [-0.15, -0.1) is 0 Å². The number of sulfonamides is 1. The lowest BCUT2D eigenvalue weighted by Gasteiger charge is -2.34. The average molecular weight is 578 g/mol. The summed E-state index contributed by atoms with van der Waals surface area (Å²) in [6, 6.07) is 24.6. The van der Waals surface area contributed by atoms with Crippen molar-refractivity contribution in [1.82, 2.24) is 10.2 Å². The normalized spacial score (nSPS) is 14.6. The van der Waals surface area contributed by atoms with Crippen LogP contribution in [-0.2, 0) is 26.2 Å². The molecule has 0 bridgehead atoms. The Labute approximate surface area is 243 Å². The number of carbonyl (C=O) groups excluding carboxylic acids is 2. The molecule has 4 rings (SSSR count). The zero-order chi connectivity index (χ0) is 29.2. The van der Waals surface area contributed by atoms with E-state index >= 15 is 0 Å². The van der Waals surface area contributed by atoms with Crippen LogP contribution in [0.1, 0.15) is 51.0 Å². The van der Waals surface area contributed by atoms with Gasteiger partial charge in [0.25, 0.3) is 0 Å². The molecule has 1 fully saturated rings. The predicted octanol–water partition coefficient (Wildman–Crippen LogP) is 5.50. The molecule has 1 atom stereocenters. The monoisotopic (exact) mass is 577 g/mol. The van der Waals surface area contributed by atoms with Gasteiger partial charge in [-0.3, -0.25) is 13.9 Å². The molecule has 0 spiro atoms. The predicted molar refractivity (Wildman–Crippen MR) is 161 cm³/mol. The molecule has 1 unspecified atom stereocenters. The molecule has 1 saturated carbocycles. The van der Waals surface area contributed by atoms with Gasteiger partial charge in [-0.05, 0) is 61.2 Å². The minimum absolute atomic E-state index is 0.100. The Morgan fingerprint density at radius 3 is 2.05 bits per heavy atom. The van der Waals surface area contributed by atoms with Crippen LogP contribution < -0.4 is 14.4 Å². The highest BCUT2D eigenvalue weighted by atomic mass is 32.2. The summed E-state index contributed by atoms with van der Waals surface area (Å²) >= 11 is 0. The highest BCUT2D eigenvalue weighted by molar-refractivity contribution is 7.92. The van der Waals surface area contributed by atoms with Crippen molar-refractivity contribution in [3.63, 3.8) is 0 Å². The van der Waals surface area contributed by atoms with Crippen molar-refractivity contribution < 1.29 is 22.7 Å². The molecule has 3 aromatic rings. The molecule has 0 saturated heterocycles. The maximum absolute atomic E-state index is 13.9. The van der Waals surface area contributed by atoms with E-state index in [9.17, 15) is 18.0 Å². The van der Waals surface area contributed by atoms with E-state index in [1.807, 2.05) is 67.6 Å². The van der Waals surface area contributed by atoms with Crippen molar-refractivity contribution in [3.05, 3.63) is 90.5 Å². The van der Waals surface area contributed by atoms with E-state index in [0.717, 1.165) is 41.8 Å². The fourth-order valence-electron chi connectivity index (χ4n) is 5.16. The maximum Gasteiger partial charge on any atom is 0.244 e. The highest BCUT2D eigenvalue weighted by Crippen LogP contribution is 2.26. The van der Waals surface area contributed by atoms with Gasteiger partial charge < -0.3 is 15.0 Å². The number of rotatable bonds is 12. The molecule has 1 aliphatic carbocycles. The first-order valence-corrected chi connectivity index (χ1v) is 16.0. The first-order valence-electron chi connectivity index (χ1n) is 14.2. The van der Waals surface area contributed by atoms with Gasteiger partial charge in [0.05, 0.1) is 11.9 Å². The fraction of sp³-hybridized carbons (Fsp3) is 0.375. The van der Waals surface area contributed by atoms with Gasteiger partial charge in [0, 0.05) is 12.6 Å². The number of benzene rings is 3. The third-order valence-corrected chi connectivity index (χ3v) is 8.46. The SMILES string of the molecule is CCC(C(=O)NC1CCCCC1)N(Cc1ccccc1)C(=O)CN(c1ccc(Oc2ccccc2)cc1)S(C)(=O)=O. The summed E-state index contributed by atoms with van der Waals surface area (Å²) in [5.74, 6) is 0.548. The van der Waals surface area contributed by atoms with Crippen LogP contribution in [-0.4, -0.2) is 50.0 Å². The van der Waals surface area contributed by atoms with E-state index in [2.05, 4.69) is 5.32 Å². The summed E-state index contributed by atoms with van der Waals surface area (Å²) in [7, 11) is -3.82. The number of hydrogen-bond acceptors (Lipinski definition) is 5. The largest absolute Gasteiger partial charge is 0.457 e. The topological polar surface area (TPSA) is 96.0 Å². The van der Waals surface area contributed by atoms with Crippen LogP contribution in [0.4, 0.5) is 5.69 Å². The van der Waals surface area contributed by atoms with Crippen molar-refractivity contribution in [3.8, 4) is 11.5 Å². The van der Waals surface area contributed by atoms with Crippen LogP contribution in [0.15, 0.2) is 84.9 Å². The smallest absolute Gasteiger partial charge is 0.244 e. The molecule has 3 aromatic carbocycles. The molecule has 1 aliphatic rings. The van der Waals surface area contributed by atoms with Crippen molar-refractivity contribution in [1.29, 1.82) is 0 Å². The van der Waals surface area contributed by atoms with Gasteiger partial charge in [0.2, 0.25) is 21.8 Å². The molecule has 41 heavy (non-hydrogen) atoms. The Morgan fingerprint density at radius 1 is 0.878 bits per heavy atom.